The summed E-state index contributed by atoms with van der Waals surface area (Å²) >= 11 is 1.46. The van der Waals surface area contributed by atoms with Gasteiger partial charge in [0.05, 0.1) is 13.2 Å². The Bertz CT molecular complexity index is 681. The van der Waals surface area contributed by atoms with E-state index in [0.717, 1.165) is 22.7 Å². The number of likely N-dealkylation sites (tertiary alicyclic amines) is 1. The van der Waals surface area contributed by atoms with Gasteiger partial charge >= 0.3 is 0 Å². The van der Waals surface area contributed by atoms with Gasteiger partial charge in [0, 0.05) is 30.0 Å². The molecule has 2 heterocycles. The molecule has 2 unspecified atom stereocenters. The number of rotatable bonds is 4. The molecule has 1 fully saturated rings. The molecule has 6 heteroatoms. The molecule has 1 N–H and O–H groups in total. The number of hydrogen-bond donors (Lipinski definition) is 1. The van der Waals surface area contributed by atoms with Crippen molar-refractivity contribution in [2.24, 2.45) is 5.92 Å². The summed E-state index contributed by atoms with van der Waals surface area (Å²) in [6, 6.07) is 7.63. The predicted octanol–water partition coefficient (Wildman–Crippen LogP) is 2.66. The van der Waals surface area contributed by atoms with Gasteiger partial charge in [0.2, 0.25) is 0 Å². The molecule has 122 valence electrons. The third-order valence-corrected chi connectivity index (χ3v) is 5.15. The van der Waals surface area contributed by atoms with Crippen LogP contribution in [-0.4, -0.2) is 47.2 Å². The molecule has 3 rings (SSSR count). The monoisotopic (exact) mass is 332 g/mol. The lowest BCUT2D eigenvalue weighted by Gasteiger charge is -2.16. The zero-order valence-electron chi connectivity index (χ0n) is 13.2. The Morgan fingerprint density at radius 2 is 2.17 bits per heavy atom. The number of aromatic nitrogens is 1. The Balaban J connectivity index is 1.72. The van der Waals surface area contributed by atoms with E-state index in [1.54, 1.807) is 24.3 Å². The first-order valence-electron chi connectivity index (χ1n) is 7.66. The van der Waals surface area contributed by atoms with Crippen LogP contribution in [-0.2, 0) is 0 Å². The summed E-state index contributed by atoms with van der Waals surface area (Å²) < 4.78 is 5.15. The number of aliphatic hydroxyl groups excluding tert-OH is 1. The van der Waals surface area contributed by atoms with Crippen LogP contribution in [0.4, 0.5) is 0 Å². The minimum atomic E-state index is -0.377. The number of carbonyl (C=O) groups is 1. The van der Waals surface area contributed by atoms with E-state index in [2.05, 4.69) is 4.98 Å². The number of carbonyl (C=O) groups excluding carboxylic acids is 1. The molecule has 5 nitrogen and oxygen atoms in total. The average molecular weight is 332 g/mol. The molecule has 1 aromatic heterocycles. The fourth-order valence-electron chi connectivity index (χ4n) is 2.77. The van der Waals surface area contributed by atoms with Gasteiger partial charge in [-0.1, -0.05) is 0 Å². The van der Waals surface area contributed by atoms with Crippen molar-refractivity contribution in [3.05, 3.63) is 35.3 Å². The normalized spacial score (nSPS) is 18.9. The first kappa shape index (κ1) is 16.0. The molecular weight excluding hydrogens is 312 g/mol. The molecule has 2 atom stereocenters. The first-order valence-corrected chi connectivity index (χ1v) is 8.53. The van der Waals surface area contributed by atoms with Gasteiger partial charge in [-0.05, 0) is 37.6 Å². The van der Waals surface area contributed by atoms with Crippen LogP contribution in [0.15, 0.2) is 29.6 Å². The fourth-order valence-corrected chi connectivity index (χ4v) is 3.57. The highest BCUT2D eigenvalue weighted by Gasteiger charge is 2.30. The summed E-state index contributed by atoms with van der Waals surface area (Å²) in [5.41, 5.74) is 1.45. The Morgan fingerprint density at radius 3 is 2.78 bits per heavy atom. The van der Waals surface area contributed by atoms with E-state index in [0.29, 0.717) is 18.8 Å². The van der Waals surface area contributed by atoms with Crippen LogP contribution in [0.2, 0.25) is 0 Å². The molecule has 1 saturated heterocycles. The molecular formula is C17H20N2O3S. The maximum Gasteiger partial charge on any atom is 0.273 e. The van der Waals surface area contributed by atoms with E-state index in [9.17, 15) is 9.90 Å². The largest absolute Gasteiger partial charge is 0.497 e. The number of hydrogen-bond acceptors (Lipinski definition) is 5. The third kappa shape index (κ3) is 3.38. The number of ether oxygens (including phenoxy) is 1. The number of nitrogens with zero attached hydrogens (tertiary/aromatic N) is 2. The number of methoxy groups -OCH3 is 1. The van der Waals surface area contributed by atoms with Crippen LogP contribution in [0.5, 0.6) is 5.75 Å². The maximum atomic E-state index is 12.5. The Labute approximate surface area is 139 Å². The van der Waals surface area contributed by atoms with E-state index >= 15 is 0 Å². The second-order valence-corrected chi connectivity index (χ2v) is 6.67. The molecule has 0 spiro atoms. The van der Waals surface area contributed by atoms with Crippen LogP contribution in [0, 0.1) is 5.92 Å². The number of benzene rings is 1. The minimum Gasteiger partial charge on any atom is -0.497 e. The van der Waals surface area contributed by atoms with Crippen LogP contribution in [0.3, 0.4) is 0 Å². The molecule has 0 bridgehead atoms. The number of thiazole rings is 1. The molecule has 23 heavy (non-hydrogen) atoms. The zero-order chi connectivity index (χ0) is 16.4. The summed E-state index contributed by atoms with van der Waals surface area (Å²) in [6.07, 6.45) is 0.469. The van der Waals surface area contributed by atoms with Crippen LogP contribution < -0.4 is 4.74 Å². The fraction of sp³-hybridized carbons (Fsp3) is 0.412. The zero-order valence-corrected chi connectivity index (χ0v) is 14.0. The quantitative estimate of drug-likeness (QED) is 0.935. The van der Waals surface area contributed by atoms with Gasteiger partial charge in [0.1, 0.15) is 16.5 Å². The van der Waals surface area contributed by atoms with Crippen molar-refractivity contribution in [1.29, 1.82) is 0 Å². The highest BCUT2D eigenvalue weighted by Crippen LogP contribution is 2.27. The van der Waals surface area contributed by atoms with Crippen molar-refractivity contribution in [2.75, 3.05) is 20.2 Å². The van der Waals surface area contributed by atoms with E-state index in [-0.39, 0.29) is 17.9 Å². The molecule has 1 amide bonds. The van der Waals surface area contributed by atoms with Crippen LogP contribution >= 0.6 is 11.3 Å². The van der Waals surface area contributed by atoms with Crippen molar-refractivity contribution in [3.8, 4) is 16.3 Å². The SMILES string of the molecule is COc1ccc(-c2nc(C(=O)N3CCC(C(C)O)C3)cs2)cc1. The van der Waals surface area contributed by atoms with Crippen molar-refractivity contribution in [2.45, 2.75) is 19.4 Å². The Morgan fingerprint density at radius 1 is 1.43 bits per heavy atom. The average Bonchev–Trinajstić information content (AvgIpc) is 3.24. The smallest absolute Gasteiger partial charge is 0.273 e. The van der Waals surface area contributed by atoms with E-state index < -0.39 is 0 Å². The summed E-state index contributed by atoms with van der Waals surface area (Å²) in [5.74, 6) is 0.908. The predicted molar refractivity (Wildman–Crippen MR) is 89.8 cm³/mol. The van der Waals surface area contributed by atoms with Crippen molar-refractivity contribution < 1.29 is 14.6 Å². The summed E-state index contributed by atoms with van der Waals surface area (Å²) in [6.45, 7) is 3.07. The van der Waals surface area contributed by atoms with Gasteiger partial charge in [-0.2, -0.15) is 0 Å². The van der Waals surface area contributed by atoms with Gasteiger partial charge in [-0.3, -0.25) is 4.79 Å². The summed E-state index contributed by atoms with van der Waals surface area (Å²) in [7, 11) is 1.63. The van der Waals surface area contributed by atoms with Gasteiger partial charge in [0.15, 0.2) is 0 Å². The lowest BCUT2D eigenvalue weighted by atomic mass is 10.0. The number of amides is 1. The molecule has 0 radical (unpaired) electrons. The molecule has 1 aromatic carbocycles. The van der Waals surface area contributed by atoms with Gasteiger partial charge in [0.25, 0.3) is 5.91 Å². The summed E-state index contributed by atoms with van der Waals surface area (Å²) in [4.78, 5) is 18.8. The topological polar surface area (TPSA) is 62.7 Å². The van der Waals surface area contributed by atoms with E-state index in [4.69, 9.17) is 4.74 Å². The van der Waals surface area contributed by atoms with Crippen molar-refractivity contribution in [3.63, 3.8) is 0 Å². The van der Waals surface area contributed by atoms with Crippen LogP contribution in [0.25, 0.3) is 10.6 Å². The van der Waals surface area contributed by atoms with Crippen molar-refractivity contribution >= 4 is 17.2 Å². The Hall–Kier alpha value is -1.92. The lowest BCUT2D eigenvalue weighted by molar-refractivity contribution is 0.0757. The van der Waals surface area contributed by atoms with E-state index in [1.807, 2.05) is 24.3 Å². The maximum absolute atomic E-state index is 12.5. The number of aliphatic hydroxyl groups is 1. The van der Waals surface area contributed by atoms with E-state index in [1.165, 1.54) is 11.3 Å². The molecule has 2 aromatic rings. The highest BCUT2D eigenvalue weighted by molar-refractivity contribution is 7.13. The molecule has 0 aliphatic carbocycles. The molecule has 1 aliphatic heterocycles. The lowest BCUT2D eigenvalue weighted by Crippen LogP contribution is -2.30. The molecule has 1 aliphatic rings. The Kier molecular flexibility index (Phi) is 4.63. The molecule has 0 saturated carbocycles. The highest BCUT2D eigenvalue weighted by atomic mass is 32.1. The van der Waals surface area contributed by atoms with Crippen molar-refractivity contribution in [1.82, 2.24) is 9.88 Å². The summed E-state index contributed by atoms with van der Waals surface area (Å²) in [5, 5.41) is 12.3. The van der Waals surface area contributed by atoms with Crippen LogP contribution in [0.1, 0.15) is 23.8 Å². The van der Waals surface area contributed by atoms with Gasteiger partial charge in [-0.15, -0.1) is 11.3 Å². The van der Waals surface area contributed by atoms with Gasteiger partial charge in [-0.25, -0.2) is 4.98 Å². The minimum absolute atomic E-state index is 0.0517. The van der Waals surface area contributed by atoms with Gasteiger partial charge < -0.3 is 14.7 Å². The second-order valence-electron chi connectivity index (χ2n) is 5.81. The second kappa shape index (κ2) is 6.68. The first-order chi connectivity index (χ1) is 11.1. The standard InChI is InChI=1S/C17H20N2O3S/c1-11(20)13-7-8-19(9-13)17(21)15-10-23-16(18-15)12-3-5-14(22-2)6-4-12/h3-6,10-11,13,20H,7-9H2,1-2H3. The third-order valence-electron chi connectivity index (χ3n) is 4.25.